The molecule has 0 aromatic heterocycles. The summed E-state index contributed by atoms with van der Waals surface area (Å²) in [4.78, 5) is 13.4. The summed E-state index contributed by atoms with van der Waals surface area (Å²) < 4.78 is 19.4. The van der Waals surface area contributed by atoms with Gasteiger partial charge in [0.05, 0.1) is 11.5 Å². The number of amides is 1. The van der Waals surface area contributed by atoms with Crippen LogP contribution in [0.1, 0.15) is 44.6 Å². The van der Waals surface area contributed by atoms with Gasteiger partial charge in [-0.25, -0.2) is 9.18 Å². The Morgan fingerprint density at radius 2 is 2.08 bits per heavy atom. The third kappa shape index (κ3) is 3.68. The van der Waals surface area contributed by atoms with Crippen molar-refractivity contribution in [1.29, 1.82) is 5.26 Å². The number of nitrogens with zero attached hydrogens (tertiary/aromatic N) is 2. The number of benzene rings is 1. The molecule has 26 heavy (non-hydrogen) atoms. The second kappa shape index (κ2) is 7.63. The molecule has 3 rings (SSSR count). The van der Waals surface area contributed by atoms with Gasteiger partial charge in [-0.3, -0.25) is 4.90 Å². The molecule has 1 aromatic carbocycles. The number of primary amides is 1. The fourth-order valence-electron chi connectivity index (χ4n) is 4.56. The standard InChI is InChI=1S/C20H26FN3O2/c1-14(26-19(23)25)15-8-11-24(12-15)16-6-9-20(13-22,10-7-16)17-4-2-3-5-18(17)21/h2-5,14-16H,6-12H2,1H3,(H2,23,25)/t14?,15-,16?,20?/m1/s1. The van der Waals surface area contributed by atoms with Crippen LogP contribution in [-0.4, -0.2) is 36.2 Å². The highest BCUT2D eigenvalue weighted by atomic mass is 19.1. The quantitative estimate of drug-likeness (QED) is 0.894. The van der Waals surface area contributed by atoms with Crippen LogP contribution < -0.4 is 5.73 Å². The number of hydrogen-bond acceptors (Lipinski definition) is 4. The predicted octanol–water partition coefficient (Wildman–Crippen LogP) is 3.34. The molecule has 1 amide bonds. The summed E-state index contributed by atoms with van der Waals surface area (Å²) >= 11 is 0. The van der Waals surface area contributed by atoms with Crippen LogP contribution in [0.15, 0.2) is 24.3 Å². The Morgan fingerprint density at radius 1 is 1.38 bits per heavy atom. The number of likely N-dealkylation sites (tertiary alicyclic amines) is 1. The largest absolute Gasteiger partial charge is 0.446 e. The number of nitriles is 1. The average Bonchev–Trinajstić information content (AvgIpc) is 3.12. The lowest BCUT2D eigenvalue weighted by atomic mass is 9.69. The van der Waals surface area contributed by atoms with Crippen LogP contribution in [0.4, 0.5) is 9.18 Å². The Balaban J connectivity index is 1.61. The van der Waals surface area contributed by atoms with Gasteiger partial charge in [0.25, 0.3) is 0 Å². The van der Waals surface area contributed by atoms with Crippen LogP contribution in [0.3, 0.4) is 0 Å². The first-order valence-electron chi connectivity index (χ1n) is 9.31. The van der Waals surface area contributed by atoms with Crippen molar-refractivity contribution < 1.29 is 13.9 Å². The molecular formula is C20H26FN3O2. The first-order valence-corrected chi connectivity index (χ1v) is 9.31. The lowest BCUT2D eigenvalue weighted by Crippen LogP contribution is -2.42. The summed E-state index contributed by atoms with van der Waals surface area (Å²) in [5, 5.41) is 9.78. The van der Waals surface area contributed by atoms with Gasteiger partial charge in [-0.1, -0.05) is 18.2 Å². The molecule has 1 saturated heterocycles. The molecule has 6 heteroatoms. The fraction of sp³-hybridized carbons (Fsp3) is 0.600. The molecule has 0 spiro atoms. The van der Waals surface area contributed by atoms with Crippen molar-refractivity contribution in [3.63, 3.8) is 0 Å². The van der Waals surface area contributed by atoms with E-state index < -0.39 is 11.5 Å². The van der Waals surface area contributed by atoms with Gasteiger partial charge in [-0.15, -0.1) is 0 Å². The molecule has 0 bridgehead atoms. The highest BCUT2D eigenvalue weighted by molar-refractivity contribution is 5.64. The monoisotopic (exact) mass is 359 g/mol. The molecule has 2 atom stereocenters. The van der Waals surface area contributed by atoms with Gasteiger partial charge >= 0.3 is 6.09 Å². The first kappa shape index (κ1) is 18.7. The van der Waals surface area contributed by atoms with Gasteiger partial charge in [-0.05, 0) is 51.6 Å². The van der Waals surface area contributed by atoms with Crippen molar-refractivity contribution in [3.8, 4) is 6.07 Å². The van der Waals surface area contributed by atoms with Gasteiger partial charge in [0, 0.05) is 24.1 Å². The minimum Gasteiger partial charge on any atom is -0.446 e. The lowest BCUT2D eigenvalue weighted by Gasteiger charge is -2.39. The molecule has 1 heterocycles. The average molecular weight is 359 g/mol. The van der Waals surface area contributed by atoms with Gasteiger partial charge in [-0.2, -0.15) is 5.26 Å². The zero-order valence-electron chi connectivity index (χ0n) is 15.2. The van der Waals surface area contributed by atoms with Gasteiger partial charge < -0.3 is 10.5 Å². The van der Waals surface area contributed by atoms with E-state index in [9.17, 15) is 14.4 Å². The Bertz CT molecular complexity index is 695. The zero-order valence-corrected chi connectivity index (χ0v) is 15.2. The van der Waals surface area contributed by atoms with Crippen LogP contribution in [0.2, 0.25) is 0 Å². The van der Waals surface area contributed by atoms with Crippen LogP contribution in [0.25, 0.3) is 0 Å². The van der Waals surface area contributed by atoms with Gasteiger partial charge in [0.1, 0.15) is 11.9 Å². The predicted molar refractivity (Wildman–Crippen MR) is 95.8 cm³/mol. The first-order chi connectivity index (χ1) is 12.4. The summed E-state index contributed by atoms with van der Waals surface area (Å²) in [5.41, 5.74) is 4.93. The van der Waals surface area contributed by atoms with Crippen LogP contribution >= 0.6 is 0 Å². The molecule has 1 aliphatic heterocycles. The van der Waals surface area contributed by atoms with Crippen molar-refractivity contribution in [3.05, 3.63) is 35.6 Å². The van der Waals surface area contributed by atoms with Crippen molar-refractivity contribution >= 4 is 6.09 Å². The van der Waals surface area contributed by atoms with E-state index in [0.29, 0.717) is 24.4 Å². The van der Waals surface area contributed by atoms with Crippen molar-refractivity contribution in [1.82, 2.24) is 4.90 Å². The summed E-state index contributed by atoms with van der Waals surface area (Å²) in [7, 11) is 0. The molecular weight excluding hydrogens is 333 g/mol. The minimum absolute atomic E-state index is 0.183. The van der Waals surface area contributed by atoms with Gasteiger partial charge in [0.15, 0.2) is 0 Å². The molecule has 2 fully saturated rings. The van der Waals surface area contributed by atoms with E-state index in [1.165, 1.54) is 6.07 Å². The van der Waals surface area contributed by atoms with E-state index in [1.54, 1.807) is 18.2 Å². The summed E-state index contributed by atoms with van der Waals surface area (Å²) in [6.07, 6.45) is 3.16. The Morgan fingerprint density at radius 3 is 2.69 bits per heavy atom. The van der Waals surface area contributed by atoms with Crippen molar-refractivity contribution in [2.24, 2.45) is 11.7 Å². The van der Waals surface area contributed by atoms with Gasteiger partial charge in [0.2, 0.25) is 0 Å². The molecule has 1 saturated carbocycles. The SMILES string of the molecule is CC(OC(N)=O)[C@@H]1CCN(C2CCC(C#N)(c3ccccc3F)CC2)C1. The maximum atomic E-state index is 14.2. The van der Waals surface area contributed by atoms with Crippen LogP contribution in [0.5, 0.6) is 0 Å². The maximum absolute atomic E-state index is 14.2. The number of ether oxygens (including phenoxy) is 1. The highest BCUT2D eigenvalue weighted by Gasteiger charge is 2.42. The molecule has 5 nitrogen and oxygen atoms in total. The summed E-state index contributed by atoms with van der Waals surface area (Å²) in [5.74, 6) is 0.00267. The number of carbonyl (C=O) groups is 1. The molecule has 1 aliphatic carbocycles. The molecule has 2 N–H and O–H groups in total. The minimum atomic E-state index is -0.725. The van der Waals surface area contributed by atoms with E-state index >= 15 is 0 Å². The molecule has 1 unspecified atom stereocenters. The summed E-state index contributed by atoms with van der Waals surface area (Å²) in [6.45, 7) is 3.72. The third-order valence-corrected chi connectivity index (χ3v) is 6.15. The summed E-state index contributed by atoms with van der Waals surface area (Å²) in [6, 6.07) is 9.44. The normalized spacial score (nSPS) is 30.5. The highest BCUT2D eigenvalue weighted by Crippen LogP contribution is 2.42. The maximum Gasteiger partial charge on any atom is 0.404 e. The van der Waals surface area contributed by atoms with Crippen LogP contribution in [0, 0.1) is 23.1 Å². The smallest absolute Gasteiger partial charge is 0.404 e. The second-order valence-corrected chi connectivity index (χ2v) is 7.59. The molecule has 140 valence electrons. The lowest BCUT2D eigenvalue weighted by molar-refractivity contribution is 0.0766. The number of carbonyl (C=O) groups excluding carboxylic acids is 1. The molecule has 1 aromatic rings. The number of halogens is 1. The topological polar surface area (TPSA) is 79.3 Å². The Labute approximate surface area is 153 Å². The van der Waals surface area contributed by atoms with Crippen LogP contribution in [-0.2, 0) is 10.2 Å². The Kier molecular flexibility index (Phi) is 5.47. The number of nitrogens with two attached hydrogens (primary N) is 1. The number of rotatable bonds is 4. The van der Waals surface area contributed by atoms with Crippen molar-refractivity contribution in [2.75, 3.05) is 13.1 Å². The van der Waals surface area contributed by atoms with E-state index in [0.717, 1.165) is 32.4 Å². The molecule has 2 aliphatic rings. The number of hydrogen-bond donors (Lipinski definition) is 1. The van der Waals surface area contributed by atoms with E-state index in [2.05, 4.69) is 11.0 Å². The second-order valence-electron chi connectivity index (χ2n) is 7.59. The van der Waals surface area contributed by atoms with Crippen molar-refractivity contribution in [2.45, 2.75) is 56.6 Å². The molecule has 0 radical (unpaired) electrons. The third-order valence-electron chi connectivity index (χ3n) is 6.15. The fourth-order valence-corrected chi connectivity index (χ4v) is 4.56. The zero-order chi connectivity index (χ0) is 18.7. The van der Waals surface area contributed by atoms with E-state index in [-0.39, 0.29) is 17.8 Å². The van der Waals surface area contributed by atoms with E-state index in [4.69, 9.17) is 10.5 Å². The Hall–Kier alpha value is -2.13. The van der Waals surface area contributed by atoms with E-state index in [1.807, 2.05) is 6.92 Å².